The number of aryl methyl sites for hydroxylation is 2. The lowest BCUT2D eigenvalue weighted by molar-refractivity contribution is 0.434. The third-order valence-corrected chi connectivity index (χ3v) is 8.04. The van der Waals surface area contributed by atoms with Gasteiger partial charge in [-0.15, -0.1) is 0 Å². The van der Waals surface area contributed by atoms with Gasteiger partial charge >= 0.3 is 0 Å². The van der Waals surface area contributed by atoms with Crippen molar-refractivity contribution >= 4 is 26.4 Å². The second-order valence-corrected chi connectivity index (χ2v) is 10.7. The highest BCUT2D eigenvalue weighted by Crippen LogP contribution is 2.30. The quantitative estimate of drug-likeness (QED) is 0.546. The molecule has 1 aliphatic heterocycles. The van der Waals surface area contributed by atoms with Gasteiger partial charge in [-0.2, -0.15) is 0 Å². The number of pyridine rings is 1. The van der Waals surface area contributed by atoms with Gasteiger partial charge in [-0.1, -0.05) is 26.0 Å². The molecule has 3 aromatic rings. The number of sulfone groups is 1. The molecule has 0 amide bonds. The maximum atomic E-state index is 15.2. The minimum atomic E-state index is -4.04. The van der Waals surface area contributed by atoms with Crippen molar-refractivity contribution in [1.29, 1.82) is 0 Å². The Morgan fingerprint density at radius 2 is 1.84 bits per heavy atom. The summed E-state index contributed by atoms with van der Waals surface area (Å²) in [7, 11) is -4.04. The van der Waals surface area contributed by atoms with E-state index in [9.17, 15) is 13.2 Å². The molecule has 1 aromatic heterocycles. The fourth-order valence-electron chi connectivity index (χ4n) is 4.39. The first-order chi connectivity index (χ1) is 15.2. The number of benzene rings is 2. The molecule has 7 heteroatoms. The third kappa shape index (κ3) is 4.06. The van der Waals surface area contributed by atoms with Gasteiger partial charge in [0, 0.05) is 25.8 Å². The van der Waals surface area contributed by atoms with Gasteiger partial charge in [0.15, 0.2) is 0 Å². The Hall–Kier alpha value is -2.67. The number of fused-ring (bicyclic) bond motifs is 1. The van der Waals surface area contributed by atoms with Gasteiger partial charge < -0.3 is 9.47 Å². The first-order valence-electron chi connectivity index (χ1n) is 11.2. The summed E-state index contributed by atoms with van der Waals surface area (Å²) in [5.74, 6) is 0.125. The number of hydrogen-bond donors (Lipinski definition) is 0. The molecule has 0 atom stereocenters. The monoisotopic (exact) mass is 456 g/mol. The number of anilines is 1. The van der Waals surface area contributed by atoms with Crippen molar-refractivity contribution in [3.8, 4) is 0 Å². The van der Waals surface area contributed by atoms with Crippen LogP contribution >= 0.6 is 0 Å². The highest BCUT2D eigenvalue weighted by molar-refractivity contribution is 7.91. The Balaban J connectivity index is 1.92. The maximum Gasteiger partial charge on any atom is 0.211 e. The summed E-state index contributed by atoms with van der Waals surface area (Å²) in [6.07, 6.45) is 4.15. The van der Waals surface area contributed by atoms with E-state index in [4.69, 9.17) is 0 Å². The van der Waals surface area contributed by atoms with Crippen LogP contribution in [0.5, 0.6) is 0 Å². The Morgan fingerprint density at radius 1 is 1.12 bits per heavy atom. The van der Waals surface area contributed by atoms with E-state index in [0.717, 1.165) is 37.9 Å². The second-order valence-electron chi connectivity index (χ2n) is 8.83. The molecule has 1 saturated heterocycles. The fourth-order valence-corrected chi connectivity index (χ4v) is 5.86. The minimum Gasteiger partial charge on any atom is -0.369 e. The number of piperidine rings is 1. The molecule has 0 radical (unpaired) electrons. The lowest BCUT2D eigenvalue weighted by Crippen LogP contribution is -2.33. The molecule has 0 saturated carbocycles. The van der Waals surface area contributed by atoms with E-state index in [1.54, 1.807) is 35.8 Å². The topological polar surface area (TPSA) is 59.4 Å². The number of halogens is 1. The van der Waals surface area contributed by atoms with E-state index in [1.807, 2.05) is 11.8 Å². The average Bonchev–Trinajstić information content (AvgIpc) is 2.76. The second kappa shape index (κ2) is 8.70. The van der Waals surface area contributed by atoms with Gasteiger partial charge in [0.25, 0.3) is 0 Å². The molecule has 4 rings (SSSR count). The van der Waals surface area contributed by atoms with Crippen LogP contribution in [-0.2, 0) is 16.4 Å². The summed E-state index contributed by atoms with van der Waals surface area (Å²) in [5.41, 5.74) is 1.16. The van der Waals surface area contributed by atoms with E-state index >= 15 is 4.39 Å². The normalized spacial score (nSPS) is 15.4. The van der Waals surface area contributed by atoms with Gasteiger partial charge in [0.05, 0.1) is 21.5 Å². The van der Waals surface area contributed by atoms with Crippen LogP contribution in [0.15, 0.2) is 57.2 Å². The molecule has 170 valence electrons. The predicted octanol–water partition coefficient (Wildman–Crippen LogP) is 4.93. The minimum absolute atomic E-state index is 0.0662. The van der Waals surface area contributed by atoms with Crippen LogP contribution < -0.4 is 10.3 Å². The van der Waals surface area contributed by atoms with Crippen molar-refractivity contribution in [1.82, 2.24) is 4.57 Å². The van der Waals surface area contributed by atoms with E-state index in [-0.39, 0.29) is 15.2 Å². The molecule has 0 N–H and O–H groups in total. The van der Waals surface area contributed by atoms with Crippen LogP contribution in [-0.4, -0.2) is 26.1 Å². The highest BCUT2D eigenvalue weighted by Gasteiger charge is 2.26. The van der Waals surface area contributed by atoms with E-state index in [0.29, 0.717) is 23.7 Å². The van der Waals surface area contributed by atoms with E-state index < -0.39 is 21.1 Å². The van der Waals surface area contributed by atoms with E-state index in [1.165, 1.54) is 18.3 Å². The lowest BCUT2D eigenvalue weighted by Gasteiger charge is -2.32. The van der Waals surface area contributed by atoms with Gasteiger partial charge in [-0.3, -0.25) is 4.79 Å². The Bertz CT molecular complexity index is 1320. The highest BCUT2D eigenvalue weighted by atomic mass is 32.2. The van der Waals surface area contributed by atoms with Crippen molar-refractivity contribution in [2.24, 2.45) is 5.92 Å². The van der Waals surface area contributed by atoms with Crippen LogP contribution in [0.2, 0.25) is 0 Å². The van der Waals surface area contributed by atoms with Crippen LogP contribution in [0.25, 0.3) is 10.9 Å². The largest absolute Gasteiger partial charge is 0.369 e. The first kappa shape index (κ1) is 22.5. The molecular formula is C25H29FN2O3S. The molecule has 1 fully saturated rings. The molecule has 0 aliphatic carbocycles. The zero-order valence-electron chi connectivity index (χ0n) is 18.8. The molecule has 2 aromatic carbocycles. The summed E-state index contributed by atoms with van der Waals surface area (Å²) in [5, 5.41) is 0.0961. The smallest absolute Gasteiger partial charge is 0.211 e. The van der Waals surface area contributed by atoms with Crippen molar-refractivity contribution in [3.05, 3.63) is 64.2 Å². The number of aromatic nitrogens is 1. The van der Waals surface area contributed by atoms with Crippen molar-refractivity contribution in [3.63, 3.8) is 0 Å². The molecule has 5 nitrogen and oxygen atoms in total. The zero-order chi connectivity index (χ0) is 23.0. The summed E-state index contributed by atoms with van der Waals surface area (Å²) >= 11 is 0. The lowest BCUT2D eigenvalue weighted by atomic mass is 9.98. The van der Waals surface area contributed by atoms with Crippen LogP contribution in [0, 0.1) is 18.7 Å². The Kier molecular flexibility index (Phi) is 6.12. The Labute approximate surface area is 188 Å². The van der Waals surface area contributed by atoms with Gasteiger partial charge in [0.1, 0.15) is 10.7 Å². The number of hydrogen-bond acceptors (Lipinski definition) is 4. The molecule has 32 heavy (non-hydrogen) atoms. The Morgan fingerprint density at radius 3 is 2.50 bits per heavy atom. The first-order valence-corrected chi connectivity index (χ1v) is 12.6. The van der Waals surface area contributed by atoms with Crippen molar-refractivity contribution in [2.45, 2.75) is 56.4 Å². The van der Waals surface area contributed by atoms with Gasteiger partial charge in [0.2, 0.25) is 15.3 Å². The zero-order valence-corrected chi connectivity index (χ0v) is 19.6. The standard InChI is InChI=1S/C25H29FN2O3S/c1-4-10-28-16-24(32(30,31)19-7-5-6-18(3)13-19)25(29)20-14-21(26)23(15-22(20)28)27-11-8-17(2)9-12-27/h5-7,13-17H,4,8-12H2,1-3H3. The van der Waals surface area contributed by atoms with Crippen molar-refractivity contribution < 1.29 is 12.8 Å². The summed E-state index contributed by atoms with van der Waals surface area (Å²) < 4.78 is 43.6. The molecule has 0 spiro atoms. The summed E-state index contributed by atoms with van der Waals surface area (Å²) in [6.45, 7) is 8.03. The molecule has 0 unspecified atom stereocenters. The van der Waals surface area contributed by atoms with Crippen LogP contribution in [0.1, 0.15) is 38.7 Å². The SMILES string of the molecule is CCCn1cc(S(=O)(=O)c2cccc(C)c2)c(=O)c2cc(F)c(N3CCC(C)CC3)cc21. The molecule has 0 bridgehead atoms. The maximum absolute atomic E-state index is 15.2. The van der Waals surface area contributed by atoms with Crippen LogP contribution in [0.3, 0.4) is 0 Å². The molecule has 2 heterocycles. The third-order valence-electron chi connectivity index (χ3n) is 6.29. The fraction of sp³-hybridized carbons (Fsp3) is 0.400. The number of nitrogens with zero attached hydrogens (tertiary/aromatic N) is 2. The summed E-state index contributed by atoms with van der Waals surface area (Å²) in [4.78, 5) is 15.1. The van der Waals surface area contributed by atoms with Crippen molar-refractivity contribution in [2.75, 3.05) is 18.0 Å². The predicted molar refractivity (Wildman–Crippen MR) is 126 cm³/mol. The molecular weight excluding hydrogens is 427 g/mol. The van der Waals surface area contributed by atoms with Crippen LogP contribution in [0.4, 0.5) is 10.1 Å². The van der Waals surface area contributed by atoms with Gasteiger partial charge in [-0.05, 0) is 61.9 Å². The average molecular weight is 457 g/mol. The molecule has 1 aliphatic rings. The number of rotatable bonds is 5. The summed E-state index contributed by atoms with van der Waals surface area (Å²) in [6, 6.07) is 9.40. The van der Waals surface area contributed by atoms with Gasteiger partial charge in [-0.25, -0.2) is 12.8 Å². The van der Waals surface area contributed by atoms with E-state index in [2.05, 4.69) is 6.92 Å².